The molecule has 0 fully saturated rings. The van der Waals surface area contributed by atoms with E-state index >= 15 is 0 Å². The van der Waals surface area contributed by atoms with Gasteiger partial charge in [0.05, 0.1) is 13.2 Å². The molecule has 0 aromatic rings. The van der Waals surface area contributed by atoms with Crippen molar-refractivity contribution in [1.82, 2.24) is 0 Å². The lowest BCUT2D eigenvalue weighted by molar-refractivity contribution is 0.103. The minimum atomic E-state index is 0.691. The van der Waals surface area contributed by atoms with Crippen molar-refractivity contribution in [3.8, 4) is 0 Å². The molecule has 3 nitrogen and oxygen atoms in total. The molecule has 0 radical (unpaired) electrons. The van der Waals surface area contributed by atoms with Crippen LogP contribution in [0.4, 0.5) is 0 Å². The predicted octanol–water partition coefficient (Wildman–Crippen LogP) is 0.244. The first kappa shape index (κ1) is 11.6. The van der Waals surface area contributed by atoms with Crippen molar-refractivity contribution in [3.63, 3.8) is 0 Å². The Hall–Kier alpha value is -0.120. The first-order valence-corrected chi connectivity index (χ1v) is 3.01. The largest absolute Gasteiger partial charge is 0.382 e. The van der Waals surface area contributed by atoms with E-state index in [0.29, 0.717) is 13.2 Å². The van der Waals surface area contributed by atoms with Gasteiger partial charge >= 0.3 is 0 Å². The van der Waals surface area contributed by atoms with Crippen molar-refractivity contribution in [3.05, 3.63) is 0 Å². The van der Waals surface area contributed by atoms with Gasteiger partial charge in [-0.05, 0) is 6.54 Å². The fourth-order valence-electron chi connectivity index (χ4n) is 0.167. The van der Waals surface area contributed by atoms with Gasteiger partial charge in [-0.1, -0.05) is 6.92 Å². The van der Waals surface area contributed by atoms with Crippen molar-refractivity contribution in [2.75, 3.05) is 34.0 Å². The highest BCUT2D eigenvalue weighted by atomic mass is 16.5. The smallest absolute Gasteiger partial charge is 0.0696 e. The van der Waals surface area contributed by atoms with Crippen LogP contribution >= 0.6 is 0 Å². The molecule has 2 N–H and O–H groups in total. The standard InChI is InChI=1S/C4H10O2.C2H7N/c1-5-3-4-6-2;1-2-3/h3-4H2,1-2H3;2-3H2,1H3. The lowest BCUT2D eigenvalue weighted by Gasteiger charge is -1.91. The van der Waals surface area contributed by atoms with E-state index in [0.717, 1.165) is 6.54 Å². The zero-order valence-corrected chi connectivity index (χ0v) is 6.52. The molecule has 58 valence electrons. The van der Waals surface area contributed by atoms with Gasteiger partial charge in [-0.25, -0.2) is 0 Å². The molecule has 0 spiro atoms. The topological polar surface area (TPSA) is 44.5 Å². The number of methoxy groups -OCH3 is 2. The Morgan fingerprint density at radius 3 is 1.44 bits per heavy atom. The Kier molecular flexibility index (Phi) is 20.3. The average molecular weight is 135 g/mol. The highest BCUT2D eigenvalue weighted by molar-refractivity contribution is 4.17. The van der Waals surface area contributed by atoms with Crippen LogP contribution in [0.15, 0.2) is 0 Å². The molecule has 0 bridgehead atoms. The highest BCUT2D eigenvalue weighted by Gasteiger charge is 1.73. The van der Waals surface area contributed by atoms with E-state index in [1.807, 2.05) is 6.92 Å². The summed E-state index contributed by atoms with van der Waals surface area (Å²) in [5.74, 6) is 0. The maximum absolute atomic E-state index is 4.85. The summed E-state index contributed by atoms with van der Waals surface area (Å²) in [4.78, 5) is 0. The Labute approximate surface area is 57.1 Å². The molecular weight excluding hydrogens is 118 g/mol. The van der Waals surface area contributed by atoms with Crippen LogP contribution in [0.3, 0.4) is 0 Å². The van der Waals surface area contributed by atoms with Crippen molar-refractivity contribution < 1.29 is 9.47 Å². The van der Waals surface area contributed by atoms with Crippen LogP contribution in [0.2, 0.25) is 0 Å². The maximum atomic E-state index is 4.85. The summed E-state index contributed by atoms with van der Waals surface area (Å²) < 4.78 is 9.31. The summed E-state index contributed by atoms with van der Waals surface area (Å²) in [6, 6.07) is 0. The van der Waals surface area contributed by atoms with Gasteiger partial charge in [0, 0.05) is 14.2 Å². The van der Waals surface area contributed by atoms with Crippen LogP contribution in [0.25, 0.3) is 0 Å². The molecule has 0 saturated carbocycles. The molecule has 0 atom stereocenters. The molecule has 0 rings (SSSR count). The van der Waals surface area contributed by atoms with Crippen molar-refractivity contribution in [2.45, 2.75) is 6.92 Å². The van der Waals surface area contributed by atoms with E-state index in [9.17, 15) is 0 Å². The minimum absolute atomic E-state index is 0.691. The normalized spacial score (nSPS) is 8.00. The van der Waals surface area contributed by atoms with Crippen LogP contribution in [0.1, 0.15) is 6.92 Å². The van der Waals surface area contributed by atoms with Crippen LogP contribution in [0, 0.1) is 0 Å². The molecule has 0 aliphatic heterocycles. The number of hydrogen-bond acceptors (Lipinski definition) is 3. The molecule has 0 amide bonds. The third-order valence-electron chi connectivity index (χ3n) is 0.492. The van der Waals surface area contributed by atoms with E-state index in [4.69, 9.17) is 5.73 Å². The zero-order valence-electron chi connectivity index (χ0n) is 6.52. The van der Waals surface area contributed by atoms with E-state index in [1.165, 1.54) is 0 Å². The number of nitrogens with two attached hydrogens (primary N) is 1. The molecular formula is C6H17NO2. The number of ether oxygens (including phenoxy) is 2. The van der Waals surface area contributed by atoms with Crippen LogP contribution in [0.5, 0.6) is 0 Å². The Bertz CT molecular complexity index is 30.2. The Morgan fingerprint density at radius 1 is 1.11 bits per heavy atom. The SMILES string of the molecule is CCN.COCCOC. The molecule has 3 heteroatoms. The van der Waals surface area contributed by atoms with Gasteiger partial charge in [0.15, 0.2) is 0 Å². The van der Waals surface area contributed by atoms with Gasteiger partial charge in [0.25, 0.3) is 0 Å². The summed E-state index contributed by atoms with van der Waals surface area (Å²) >= 11 is 0. The average Bonchev–Trinajstić information content (AvgIpc) is 1.86. The van der Waals surface area contributed by atoms with Gasteiger partial charge in [-0.15, -0.1) is 0 Å². The molecule has 0 heterocycles. The predicted molar refractivity (Wildman–Crippen MR) is 38.5 cm³/mol. The summed E-state index contributed by atoms with van der Waals surface area (Å²) in [5.41, 5.74) is 4.85. The quantitative estimate of drug-likeness (QED) is 0.564. The number of hydrogen-bond donors (Lipinski definition) is 1. The maximum Gasteiger partial charge on any atom is 0.0696 e. The Morgan fingerprint density at radius 2 is 1.33 bits per heavy atom. The van der Waals surface area contributed by atoms with E-state index in [-0.39, 0.29) is 0 Å². The first-order valence-electron chi connectivity index (χ1n) is 3.01. The first-order chi connectivity index (χ1) is 4.33. The second-order valence-corrected chi connectivity index (χ2v) is 1.39. The van der Waals surface area contributed by atoms with Crippen molar-refractivity contribution >= 4 is 0 Å². The van der Waals surface area contributed by atoms with Crippen LogP contribution in [-0.4, -0.2) is 34.0 Å². The monoisotopic (exact) mass is 135 g/mol. The van der Waals surface area contributed by atoms with Gasteiger partial charge in [-0.3, -0.25) is 0 Å². The van der Waals surface area contributed by atoms with E-state index in [2.05, 4.69) is 9.47 Å². The highest BCUT2D eigenvalue weighted by Crippen LogP contribution is 1.65. The van der Waals surface area contributed by atoms with Crippen molar-refractivity contribution in [2.24, 2.45) is 5.73 Å². The van der Waals surface area contributed by atoms with Gasteiger partial charge in [0.2, 0.25) is 0 Å². The fraction of sp³-hybridized carbons (Fsp3) is 1.00. The van der Waals surface area contributed by atoms with E-state index < -0.39 is 0 Å². The van der Waals surface area contributed by atoms with Crippen LogP contribution < -0.4 is 5.73 Å². The lowest BCUT2D eigenvalue weighted by Crippen LogP contribution is -1.96. The molecule has 0 aliphatic rings. The fourth-order valence-corrected chi connectivity index (χ4v) is 0.167. The molecule has 0 unspecified atom stereocenters. The zero-order chi connectivity index (χ0) is 7.54. The summed E-state index contributed by atoms with van der Waals surface area (Å²) in [7, 11) is 3.30. The summed E-state index contributed by atoms with van der Waals surface area (Å²) in [6.07, 6.45) is 0. The second-order valence-electron chi connectivity index (χ2n) is 1.39. The molecule has 0 aromatic heterocycles. The Balaban J connectivity index is 0. The molecule has 0 saturated heterocycles. The van der Waals surface area contributed by atoms with Gasteiger partial charge in [0.1, 0.15) is 0 Å². The molecule has 0 aromatic carbocycles. The second kappa shape index (κ2) is 15.7. The third kappa shape index (κ3) is 32.8. The summed E-state index contributed by atoms with van der Waals surface area (Å²) in [5, 5.41) is 0. The van der Waals surface area contributed by atoms with Crippen molar-refractivity contribution in [1.29, 1.82) is 0 Å². The third-order valence-corrected chi connectivity index (χ3v) is 0.492. The van der Waals surface area contributed by atoms with E-state index in [1.54, 1.807) is 14.2 Å². The van der Waals surface area contributed by atoms with Gasteiger partial charge < -0.3 is 15.2 Å². The lowest BCUT2D eigenvalue weighted by atomic mass is 10.8. The molecule has 9 heavy (non-hydrogen) atoms. The van der Waals surface area contributed by atoms with Gasteiger partial charge in [-0.2, -0.15) is 0 Å². The molecule has 0 aliphatic carbocycles. The number of rotatable bonds is 3. The minimum Gasteiger partial charge on any atom is -0.382 e. The van der Waals surface area contributed by atoms with Crippen LogP contribution in [-0.2, 0) is 9.47 Å². The summed E-state index contributed by atoms with van der Waals surface area (Å²) in [6.45, 7) is 4.03.